The van der Waals surface area contributed by atoms with Gasteiger partial charge in [0.1, 0.15) is 0 Å². The number of hydrogen-bond acceptors (Lipinski definition) is 6. The number of para-hydroxylation sites is 2. The quantitative estimate of drug-likeness (QED) is 0.193. The molecule has 0 heterocycles. The van der Waals surface area contributed by atoms with Crippen LogP contribution < -0.4 is 10.0 Å². The highest BCUT2D eigenvalue weighted by atomic mass is 32.2. The molecule has 0 saturated carbocycles. The van der Waals surface area contributed by atoms with E-state index in [1.807, 2.05) is 44.2 Å². The van der Waals surface area contributed by atoms with Crippen LogP contribution in [0.3, 0.4) is 0 Å². The van der Waals surface area contributed by atoms with Crippen LogP contribution in [0.15, 0.2) is 113 Å². The molecule has 0 amide bonds. The molecule has 4 rings (SSSR count). The number of nitrogens with zero attached hydrogens (tertiary/aromatic N) is 1. The fourth-order valence-corrected chi connectivity index (χ4v) is 7.31. The summed E-state index contributed by atoms with van der Waals surface area (Å²) in [6, 6.07) is 28.6. The van der Waals surface area contributed by atoms with Crippen molar-refractivity contribution in [1.29, 1.82) is 0 Å². The summed E-state index contributed by atoms with van der Waals surface area (Å²) in [5.41, 5.74) is 3.68. The topological polar surface area (TPSA) is 116 Å². The van der Waals surface area contributed by atoms with Crippen molar-refractivity contribution in [2.45, 2.75) is 49.1 Å². The molecule has 0 aliphatic carbocycles. The van der Waals surface area contributed by atoms with Crippen molar-refractivity contribution in [1.82, 2.24) is 4.31 Å². The lowest BCUT2D eigenvalue weighted by molar-refractivity contribution is 0.194. The van der Waals surface area contributed by atoms with Gasteiger partial charge >= 0.3 is 0 Å². The van der Waals surface area contributed by atoms with E-state index in [2.05, 4.69) is 10.0 Å². The van der Waals surface area contributed by atoms with Crippen LogP contribution in [0.4, 0.5) is 11.4 Å². The molecule has 0 radical (unpaired) electrons. The molecule has 0 aliphatic heterocycles. The molecule has 4 aromatic rings. The number of anilines is 2. The average molecular weight is 608 g/mol. The van der Waals surface area contributed by atoms with Gasteiger partial charge in [-0.2, -0.15) is 4.31 Å². The minimum atomic E-state index is -3.97. The van der Waals surface area contributed by atoms with E-state index < -0.39 is 32.1 Å². The number of aryl methyl sites for hydroxylation is 2. The highest BCUT2D eigenvalue weighted by Crippen LogP contribution is 2.27. The van der Waals surface area contributed by atoms with Gasteiger partial charge in [-0.15, -0.1) is 0 Å². The zero-order valence-electron chi connectivity index (χ0n) is 23.9. The second-order valence-electron chi connectivity index (χ2n) is 10.4. The summed E-state index contributed by atoms with van der Waals surface area (Å²) in [5.74, 6) is 0. The Labute approximate surface area is 249 Å². The fraction of sp³-hybridized carbons (Fsp3) is 0.250. The van der Waals surface area contributed by atoms with Crippen LogP contribution >= 0.6 is 0 Å². The molecule has 0 aromatic heterocycles. The molecule has 8 nitrogen and oxygen atoms in total. The third kappa shape index (κ3) is 7.77. The first-order chi connectivity index (χ1) is 20.0. The molecule has 3 N–H and O–H groups in total. The van der Waals surface area contributed by atoms with Crippen molar-refractivity contribution in [2.24, 2.45) is 0 Å². The van der Waals surface area contributed by atoms with Crippen molar-refractivity contribution in [3.63, 3.8) is 0 Å². The maximum Gasteiger partial charge on any atom is 0.261 e. The van der Waals surface area contributed by atoms with Crippen LogP contribution in [0.2, 0.25) is 0 Å². The second-order valence-corrected chi connectivity index (χ2v) is 14.0. The van der Waals surface area contributed by atoms with Gasteiger partial charge in [-0.05, 0) is 69.2 Å². The van der Waals surface area contributed by atoms with Gasteiger partial charge in [0.25, 0.3) is 10.0 Å². The number of sulfonamides is 2. The van der Waals surface area contributed by atoms with Gasteiger partial charge in [-0.3, -0.25) is 4.72 Å². The molecule has 0 unspecified atom stereocenters. The number of hydrogen-bond donors (Lipinski definition) is 3. The van der Waals surface area contributed by atoms with Crippen molar-refractivity contribution in [3.8, 4) is 0 Å². The van der Waals surface area contributed by atoms with E-state index in [0.29, 0.717) is 17.8 Å². The Kier molecular flexibility index (Phi) is 10.1. The molecule has 0 fully saturated rings. The molecule has 0 bridgehead atoms. The SMILES string of the molecule is Cc1ccc(S(=O)(=O)Nc2ccccc2N[C@@H](Cc2ccccc2)CN([C@@H](C)CO)S(=O)(=O)c2ccc(C)cc2)cc1. The number of benzene rings is 4. The smallest absolute Gasteiger partial charge is 0.261 e. The first-order valence-corrected chi connectivity index (χ1v) is 16.6. The molecule has 2 atom stereocenters. The lowest BCUT2D eigenvalue weighted by atomic mass is 10.0. The van der Waals surface area contributed by atoms with E-state index in [0.717, 1.165) is 16.7 Å². The van der Waals surface area contributed by atoms with Gasteiger partial charge in [0.2, 0.25) is 10.0 Å². The van der Waals surface area contributed by atoms with Crippen LogP contribution in [-0.2, 0) is 26.5 Å². The summed E-state index contributed by atoms with van der Waals surface area (Å²) in [6.07, 6.45) is 0.442. The van der Waals surface area contributed by atoms with Crippen molar-refractivity contribution in [2.75, 3.05) is 23.2 Å². The van der Waals surface area contributed by atoms with Crippen molar-refractivity contribution >= 4 is 31.4 Å². The van der Waals surface area contributed by atoms with Crippen LogP contribution in [0, 0.1) is 13.8 Å². The van der Waals surface area contributed by atoms with E-state index in [9.17, 15) is 21.9 Å². The summed E-state index contributed by atoms with van der Waals surface area (Å²) in [7, 11) is -7.85. The predicted octanol–water partition coefficient (Wildman–Crippen LogP) is 5.20. The molecule has 0 saturated heterocycles. The van der Waals surface area contributed by atoms with Gasteiger partial charge < -0.3 is 10.4 Å². The van der Waals surface area contributed by atoms with E-state index >= 15 is 0 Å². The van der Waals surface area contributed by atoms with Crippen molar-refractivity contribution in [3.05, 3.63) is 120 Å². The second kappa shape index (κ2) is 13.5. The third-order valence-corrected chi connectivity index (χ3v) is 10.3. The van der Waals surface area contributed by atoms with Gasteiger partial charge in [-0.25, -0.2) is 16.8 Å². The Hall–Kier alpha value is -3.70. The lowest BCUT2D eigenvalue weighted by Crippen LogP contribution is -2.47. The number of aliphatic hydroxyl groups is 1. The molecule has 0 spiro atoms. The Morgan fingerprint density at radius 3 is 1.81 bits per heavy atom. The summed E-state index contributed by atoms with van der Waals surface area (Å²) < 4.78 is 58.0. The Balaban J connectivity index is 1.68. The Morgan fingerprint density at radius 2 is 1.24 bits per heavy atom. The first-order valence-electron chi connectivity index (χ1n) is 13.7. The van der Waals surface area contributed by atoms with Crippen LogP contribution in [0.25, 0.3) is 0 Å². The highest BCUT2D eigenvalue weighted by molar-refractivity contribution is 7.92. The normalized spacial score (nSPS) is 13.5. The molecule has 4 aromatic carbocycles. The van der Waals surface area contributed by atoms with Crippen LogP contribution in [0.5, 0.6) is 0 Å². The van der Waals surface area contributed by atoms with Gasteiger partial charge in [-0.1, -0.05) is 77.9 Å². The molecule has 42 heavy (non-hydrogen) atoms. The van der Waals surface area contributed by atoms with Gasteiger partial charge in [0.05, 0.1) is 27.8 Å². The summed E-state index contributed by atoms with van der Waals surface area (Å²) >= 11 is 0. The van der Waals surface area contributed by atoms with Crippen LogP contribution in [-0.4, -0.2) is 51.5 Å². The molecular weight excluding hydrogens is 571 g/mol. The van der Waals surface area contributed by atoms with Crippen molar-refractivity contribution < 1.29 is 21.9 Å². The highest BCUT2D eigenvalue weighted by Gasteiger charge is 2.31. The predicted molar refractivity (Wildman–Crippen MR) is 168 cm³/mol. The largest absolute Gasteiger partial charge is 0.395 e. The van der Waals surface area contributed by atoms with E-state index in [4.69, 9.17) is 0 Å². The maximum absolute atomic E-state index is 13.8. The monoisotopic (exact) mass is 607 g/mol. The standard InChI is InChI=1S/C32H37N3O5S2/c1-24-13-17-29(18-14-24)41(37,38)34-32-12-8-7-11-31(32)33-28(21-27-9-5-4-6-10-27)22-35(26(3)23-36)42(39,40)30-19-15-25(2)16-20-30/h4-20,26,28,33-34,36H,21-23H2,1-3H3/t26-,28-/m0/s1. The number of nitrogens with one attached hydrogen (secondary N) is 2. The minimum absolute atomic E-state index is 0.0197. The maximum atomic E-state index is 13.8. The van der Waals surface area contributed by atoms with Gasteiger partial charge in [0.15, 0.2) is 0 Å². The Bertz CT molecular complexity index is 1680. The zero-order chi connectivity index (χ0) is 30.3. The summed E-state index contributed by atoms with van der Waals surface area (Å²) in [4.78, 5) is 0.272. The molecule has 0 aliphatic rings. The zero-order valence-corrected chi connectivity index (χ0v) is 25.6. The average Bonchev–Trinajstić information content (AvgIpc) is 2.97. The first kappa shape index (κ1) is 31.2. The molecular formula is C32H37N3O5S2. The van der Waals surface area contributed by atoms with Crippen LogP contribution in [0.1, 0.15) is 23.6 Å². The molecule has 10 heteroatoms. The fourth-order valence-electron chi connectivity index (χ4n) is 4.57. The number of rotatable bonds is 13. The molecule has 222 valence electrons. The minimum Gasteiger partial charge on any atom is -0.395 e. The number of aliphatic hydroxyl groups excluding tert-OH is 1. The Morgan fingerprint density at radius 1 is 0.714 bits per heavy atom. The summed E-state index contributed by atoms with van der Waals surface area (Å²) in [5, 5.41) is 13.5. The summed E-state index contributed by atoms with van der Waals surface area (Å²) in [6.45, 7) is 5.08. The third-order valence-electron chi connectivity index (χ3n) is 6.97. The van der Waals surface area contributed by atoms with E-state index in [1.54, 1.807) is 79.7 Å². The van der Waals surface area contributed by atoms with Gasteiger partial charge in [0, 0.05) is 18.6 Å². The lowest BCUT2D eigenvalue weighted by Gasteiger charge is -2.32. The van der Waals surface area contributed by atoms with E-state index in [1.165, 1.54) is 4.31 Å². The van der Waals surface area contributed by atoms with E-state index in [-0.39, 0.29) is 22.9 Å².